The lowest BCUT2D eigenvalue weighted by Gasteiger charge is -2.51. The maximum atomic E-state index is 14.2. The van der Waals surface area contributed by atoms with E-state index in [1.807, 2.05) is 0 Å². The number of amides is 4. The van der Waals surface area contributed by atoms with Crippen LogP contribution in [0.1, 0.15) is 38.1 Å². The van der Waals surface area contributed by atoms with Crippen molar-refractivity contribution in [2.24, 2.45) is 0 Å². The zero-order chi connectivity index (χ0) is 31.6. The van der Waals surface area contributed by atoms with Crippen LogP contribution in [0.3, 0.4) is 0 Å². The van der Waals surface area contributed by atoms with Crippen LogP contribution in [0.5, 0.6) is 0 Å². The fourth-order valence-corrected chi connectivity index (χ4v) is 7.14. The van der Waals surface area contributed by atoms with Crippen LogP contribution < -0.4 is 5.32 Å². The van der Waals surface area contributed by atoms with E-state index >= 15 is 0 Å². The smallest absolute Gasteiger partial charge is 0.429 e. The van der Waals surface area contributed by atoms with Crippen LogP contribution >= 0.6 is 0 Å². The molecule has 14 nitrogen and oxygen atoms in total. The van der Waals surface area contributed by atoms with E-state index in [4.69, 9.17) is 14.2 Å². The van der Waals surface area contributed by atoms with Gasteiger partial charge in [0.25, 0.3) is 11.8 Å². The summed E-state index contributed by atoms with van der Waals surface area (Å²) in [5.41, 5.74) is -0.0848. The minimum atomic E-state index is -2.23. The van der Waals surface area contributed by atoms with Crippen molar-refractivity contribution in [1.82, 2.24) is 20.2 Å². The predicted molar refractivity (Wildman–Crippen MR) is 150 cm³/mol. The normalized spacial score (nSPS) is 26.3. The monoisotopic (exact) mass is 616 g/mol. The van der Waals surface area contributed by atoms with E-state index in [-0.39, 0.29) is 30.0 Å². The first-order chi connectivity index (χ1) is 20.5. The summed E-state index contributed by atoms with van der Waals surface area (Å²) in [6.45, 7) is 5.99. The van der Waals surface area contributed by atoms with Crippen LogP contribution in [0, 0.1) is 0 Å². The molecule has 1 unspecified atom stereocenters. The second kappa shape index (κ2) is 12.8. The molecular formula is C28H32N4O10S. The molecule has 0 bridgehead atoms. The number of methoxy groups -OCH3 is 1. The molecule has 43 heavy (non-hydrogen) atoms. The third-order valence-electron chi connectivity index (χ3n) is 7.14. The Balaban J connectivity index is 1.75. The fraction of sp³-hybridized carbons (Fsp3) is 0.429. The highest BCUT2D eigenvalue weighted by Gasteiger charge is 2.61. The summed E-state index contributed by atoms with van der Waals surface area (Å²) in [4.78, 5) is 80.2. The van der Waals surface area contributed by atoms with Crippen LogP contribution in [0.25, 0.3) is 0 Å². The van der Waals surface area contributed by atoms with Crippen LogP contribution in [-0.2, 0) is 39.4 Å². The number of β-lactam (4-membered cyclic amide) rings is 1. The number of rotatable bonds is 7. The molecule has 4 rings (SSSR count). The van der Waals surface area contributed by atoms with E-state index in [1.165, 1.54) is 31.2 Å². The number of hydrazine groups is 1. The van der Waals surface area contributed by atoms with Gasteiger partial charge in [-0.25, -0.2) is 19.4 Å². The number of carbonyl (C=O) groups excluding carboxylic acids is 6. The number of nitrogens with one attached hydrogen (secondary N) is 1. The van der Waals surface area contributed by atoms with Crippen LogP contribution in [0.2, 0.25) is 0 Å². The van der Waals surface area contributed by atoms with E-state index in [0.29, 0.717) is 0 Å². The summed E-state index contributed by atoms with van der Waals surface area (Å²) < 4.78 is 29.2. The van der Waals surface area contributed by atoms with Crippen molar-refractivity contribution in [3.63, 3.8) is 0 Å². The van der Waals surface area contributed by atoms with Crippen molar-refractivity contribution in [2.75, 3.05) is 20.3 Å². The van der Waals surface area contributed by atoms with Gasteiger partial charge in [-0.1, -0.05) is 30.4 Å². The zero-order valence-electron chi connectivity index (χ0n) is 24.2. The van der Waals surface area contributed by atoms with Crippen molar-refractivity contribution in [1.29, 1.82) is 0 Å². The largest absolute Gasteiger partial charge is 0.464 e. The number of Topliss-reactive ketones (excluding diaryl/α,β-unsaturated/α-hetero) is 1. The Labute approximate surface area is 250 Å². The van der Waals surface area contributed by atoms with Gasteiger partial charge in [0.1, 0.15) is 28.4 Å². The molecule has 6 atom stereocenters. The third-order valence-corrected chi connectivity index (χ3v) is 9.14. The third kappa shape index (κ3) is 5.51. The van der Waals surface area contributed by atoms with Gasteiger partial charge in [-0.15, -0.1) is 0 Å². The molecule has 1 fully saturated rings. The summed E-state index contributed by atoms with van der Waals surface area (Å²) >= 11 is 0. The van der Waals surface area contributed by atoms with Crippen molar-refractivity contribution in [2.45, 2.75) is 56.4 Å². The Morgan fingerprint density at radius 3 is 2.14 bits per heavy atom. The van der Waals surface area contributed by atoms with Crippen molar-refractivity contribution >= 4 is 46.6 Å². The lowest BCUT2D eigenvalue weighted by atomic mass is 9.96. The summed E-state index contributed by atoms with van der Waals surface area (Å²) in [6, 6.07) is 4.48. The number of ketones is 1. The van der Waals surface area contributed by atoms with Crippen molar-refractivity contribution in [3.05, 3.63) is 59.3 Å². The summed E-state index contributed by atoms with van der Waals surface area (Å²) in [6.07, 6.45) is 0.921. The molecular weight excluding hydrogens is 584 g/mol. The lowest BCUT2D eigenvalue weighted by molar-refractivity contribution is -0.150. The van der Waals surface area contributed by atoms with Crippen LogP contribution in [0.4, 0.5) is 9.59 Å². The number of ether oxygens (including phenoxy) is 3. The standard InChI is InChI=1S/C28H32N4O10S/c1-6-41-27(37)31-15(3)13-14-18(32(31)28(38)42-7-2)21(33)22-16(4)20(26(36)40-5)30-24(35)19(25(30)43(22)39)29-23(34)17-11-9-8-10-12-17/h8-15,18-19,22,25H,6-7H2,1-5H3,(H,29,34)/t15-,18-,19-,22+,25-,43?/m1/s1. The van der Waals surface area contributed by atoms with Gasteiger partial charge in [-0.2, -0.15) is 5.01 Å². The maximum absolute atomic E-state index is 14.2. The Hall–Kier alpha value is -4.53. The highest BCUT2D eigenvalue weighted by molar-refractivity contribution is 7.87. The molecule has 1 aromatic carbocycles. The van der Waals surface area contributed by atoms with E-state index < -0.39 is 75.3 Å². The first-order valence-corrected chi connectivity index (χ1v) is 14.8. The second-order valence-corrected chi connectivity index (χ2v) is 11.3. The molecule has 0 spiro atoms. The van der Waals surface area contributed by atoms with Crippen molar-refractivity contribution < 1.29 is 47.2 Å². The molecule has 0 saturated carbocycles. The molecule has 15 heteroatoms. The Kier molecular flexibility index (Phi) is 9.33. The maximum Gasteiger partial charge on any atom is 0.429 e. The number of benzene rings is 1. The van der Waals surface area contributed by atoms with E-state index in [0.717, 1.165) is 22.0 Å². The molecule has 4 amide bonds. The van der Waals surface area contributed by atoms with E-state index in [2.05, 4.69) is 5.32 Å². The quantitative estimate of drug-likeness (QED) is 0.204. The molecule has 1 N–H and O–H groups in total. The molecule has 1 saturated heterocycles. The first kappa shape index (κ1) is 31.4. The van der Waals surface area contributed by atoms with Gasteiger partial charge >= 0.3 is 18.2 Å². The van der Waals surface area contributed by atoms with Gasteiger partial charge in [0.15, 0.2) is 5.78 Å². The van der Waals surface area contributed by atoms with Gasteiger partial charge in [0, 0.05) is 5.56 Å². The zero-order valence-corrected chi connectivity index (χ0v) is 25.0. The van der Waals surface area contributed by atoms with Crippen LogP contribution in [-0.4, -0.2) is 104 Å². The average molecular weight is 617 g/mol. The summed E-state index contributed by atoms with van der Waals surface area (Å²) in [7, 11) is -1.14. The number of fused-ring (bicyclic) bond motifs is 1. The summed E-state index contributed by atoms with van der Waals surface area (Å²) in [5.74, 6) is -3.11. The Bertz CT molecular complexity index is 1430. The first-order valence-electron chi connectivity index (χ1n) is 13.5. The molecule has 230 valence electrons. The Morgan fingerprint density at radius 2 is 1.56 bits per heavy atom. The number of hydrogen-bond acceptors (Lipinski definition) is 10. The van der Waals surface area contributed by atoms with Gasteiger partial charge in [-0.3, -0.25) is 23.5 Å². The average Bonchev–Trinajstić information content (AvgIpc) is 2.99. The van der Waals surface area contributed by atoms with Gasteiger partial charge < -0.3 is 19.5 Å². The molecule has 3 heterocycles. The molecule has 0 aromatic heterocycles. The molecule has 3 aliphatic rings. The minimum absolute atomic E-state index is 0.0142. The number of hydrogen-bond donors (Lipinski definition) is 1. The van der Waals surface area contributed by atoms with E-state index in [1.54, 1.807) is 39.0 Å². The number of nitrogens with zero attached hydrogens (tertiary/aromatic N) is 3. The van der Waals surface area contributed by atoms with Gasteiger partial charge in [-0.05, 0) is 45.4 Å². The highest BCUT2D eigenvalue weighted by atomic mass is 32.2. The molecule has 0 radical (unpaired) electrons. The van der Waals surface area contributed by atoms with E-state index in [9.17, 15) is 33.0 Å². The van der Waals surface area contributed by atoms with Gasteiger partial charge in [0.2, 0.25) is 0 Å². The highest BCUT2D eigenvalue weighted by Crippen LogP contribution is 2.40. The lowest BCUT2D eigenvalue weighted by Crippen LogP contribution is -2.75. The fourth-order valence-electron chi connectivity index (χ4n) is 5.16. The number of esters is 1. The molecule has 0 aliphatic carbocycles. The van der Waals surface area contributed by atoms with Gasteiger partial charge in [0.05, 0.1) is 37.2 Å². The molecule has 3 aliphatic heterocycles. The Morgan fingerprint density at radius 1 is 0.953 bits per heavy atom. The van der Waals surface area contributed by atoms with Crippen molar-refractivity contribution in [3.8, 4) is 0 Å². The molecule has 1 aromatic rings. The SMILES string of the molecule is CCOC(=O)N1[C@H](C)C=C[C@H](C(=O)[C@@H]2C(C)=C(C(=O)OC)N3C(=O)[C@@H](NC(=O)c4ccccc4)[C@H]3S2=O)N1C(=O)OCC. The number of carbonyl (C=O) groups is 6. The topological polar surface area (TPSA) is 169 Å². The minimum Gasteiger partial charge on any atom is -0.464 e. The predicted octanol–water partition coefficient (Wildman–Crippen LogP) is 1.26. The van der Waals surface area contributed by atoms with Crippen LogP contribution in [0.15, 0.2) is 53.8 Å². The second-order valence-electron chi connectivity index (χ2n) is 9.71. The summed E-state index contributed by atoms with van der Waals surface area (Å²) in [5, 5.41) is 1.44.